The Morgan fingerprint density at radius 2 is 1.53 bits per heavy atom. The second kappa shape index (κ2) is 3.59. The zero-order valence-corrected chi connectivity index (χ0v) is 11.6. The highest BCUT2D eigenvalue weighted by molar-refractivity contribution is 9.09. The number of halogens is 2. The van der Waals surface area contributed by atoms with E-state index in [9.17, 15) is 8.42 Å². The van der Waals surface area contributed by atoms with E-state index in [0.717, 1.165) is 34.2 Å². The molecule has 2 heterocycles. The number of quaternary nitrogens is 1. The average Bonchev–Trinajstić information content (AvgIpc) is 2.62. The molecule has 3 nitrogen and oxygen atoms in total. The Labute approximate surface area is 105 Å². The SMILES string of the molecule is O=S1(=O)CC[N+]2(CC1)C[C@@H]1C(Br)[C@@H]1C2.[Cl-]. The normalized spacial score (nSPS) is 44.5. The van der Waals surface area contributed by atoms with E-state index in [1.165, 1.54) is 13.1 Å². The summed E-state index contributed by atoms with van der Waals surface area (Å²) in [6.07, 6.45) is 0. The smallest absolute Gasteiger partial charge is 0.161 e. The fraction of sp³-hybridized carbons (Fsp3) is 1.00. The first-order valence-electron chi connectivity index (χ1n) is 5.21. The highest BCUT2D eigenvalue weighted by Gasteiger charge is 2.62. The first-order valence-corrected chi connectivity index (χ1v) is 7.95. The maximum absolute atomic E-state index is 11.3. The second-order valence-corrected chi connectivity index (χ2v) is 8.44. The van der Waals surface area contributed by atoms with E-state index < -0.39 is 9.84 Å². The van der Waals surface area contributed by atoms with Gasteiger partial charge in [0, 0.05) is 16.7 Å². The molecule has 3 rings (SSSR count). The summed E-state index contributed by atoms with van der Waals surface area (Å²) in [7, 11) is -2.69. The Morgan fingerprint density at radius 3 is 2.00 bits per heavy atom. The zero-order chi connectivity index (χ0) is 9.97. The molecule has 3 atom stereocenters. The number of alkyl halides is 1. The number of sulfone groups is 1. The molecule has 1 aliphatic carbocycles. The average molecular weight is 317 g/mol. The molecular weight excluding hydrogens is 302 g/mol. The molecule has 6 heteroatoms. The molecule has 1 spiro atoms. The first-order chi connectivity index (χ1) is 6.52. The second-order valence-electron chi connectivity index (χ2n) is 5.08. The molecule has 0 radical (unpaired) electrons. The van der Waals surface area contributed by atoms with Gasteiger partial charge in [0.15, 0.2) is 9.84 Å². The maximum Gasteiger partial charge on any atom is 0.161 e. The summed E-state index contributed by atoms with van der Waals surface area (Å²) in [5.74, 6) is 2.52. The first kappa shape index (κ1) is 12.1. The van der Waals surface area contributed by atoms with Gasteiger partial charge >= 0.3 is 0 Å². The van der Waals surface area contributed by atoms with E-state index >= 15 is 0 Å². The van der Waals surface area contributed by atoms with Gasteiger partial charge in [-0.25, -0.2) is 8.42 Å². The van der Waals surface area contributed by atoms with Crippen molar-refractivity contribution in [3.8, 4) is 0 Å². The van der Waals surface area contributed by atoms with Crippen LogP contribution in [0.1, 0.15) is 0 Å². The molecule has 1 unspecified atom stereocenters. The van der Waals surface area contributed by atoms with Gasteiger partial charge in [-0.05, 0) is 0 Å². The fourth-order valence-electron chi connectivity index (χ4n) is 3.08. The largest absolute Gasteiger partial charge is 1.00 e. The molecule has 2 saturated heterocycles. The van der Waals surface area contributed by atoms with Crippen LogP contribution in [0.4, 0.5) is 0 Å². The molecule has 0 aromatic rings. The topological polar surface area (TPSA) is 34.1 Å². The van der Waals surface area contributed by atoms with Crippen molar-refractivity contribution in [2.45, 2.75) is 4.83 Å². The molecule has 0 N–H and O–H groups in total. The van der Waals surface area contributed by atoms with Gasteiger partial charge in [-0.15, -0.1) is 0 Å². The molecule has 3 fully saturated rings. The Balaban J connectivity index is 0.000000853. The summed E-state index contributed by atoms with van der Waals surface area (Å²) < 4.78 is 23.8. The summed E-state index contributed by atoms with van der Waals surface area (Å²) in [4.78, 5) is 0.741. The van der Waals surface area contributed by atoms with Gasteiger partial charge < -0.3 is 16.9 Å². The lowest BCUT2D eigenvalue weighted by Gasteiger charge is -2.39. The van der Waals surface area contributed by atoms with Gasteiger partial charge in [0.05, 0.1) is 37.7 Å². The maximum atomic E-state index is 11.3. The van der Waals surface area contributed by atoms with E-state index in [2.05, 4.69) is 15.9 Å². The number of hydrogen-bond acceptors (Lipinski definition) is 2. The molecule has 1 saturated carbocycles. The van der Waals surface area contributed by atoms with Gasteiger partial charge in [-0.3, -0.25) is 0 Å². The van der Waals surface area contributed by atoms with E-state index in [1.54, 1.807) is 0 Å². The lowest BCUT2D eigenvalue weighted by molar-refractivity contribution is -0.918. The van der Waals surface area contributed by atoms with Crippen LogP contribution >= 0.6 is 15.9 Å². The lowest BCUT2D eigenvalue weighted by Crippen LogP contribution is -3.00. The van der Waals surface area contributed by atoms with Crippen LogP contribution < -0.4 is 12.4 Å². The monoisotopic (exact) mass is 315 g/mol. The minimum atomic E-state index is -2.69. The Morgan fingerprint density at radius 1 is 1.07 bits per heavy atom. The minimum absolute atomic E-state index is 0. The highest BCUT2D eigenvalue weighted by atomic mass is 79.9. The van der Waals surface area contributed by atoms with Gasteiger partial charge in [0.25, 0.3) is 0 Å². The molecule has 0 bridgehead atoms. The van der Waals surface area contributed by atoms with Crippen LogP contribution in [0, 0.1) is 11.8 Å². The molecule has 3 aliphatic rings. The quantitative estimate of drug-likeness (QED) is 0.359. The van der Waals surface area contributed by atoms with E-state index in [1.807, 2.05) is 0 Å². The standard InChI is InChI=1S/C9H15BrNO2S.ClH/c10-9-7-5-11(6-8(7)9)1-3-14(12,13)4-2-11;/h7-9H,1-6H2;1H/q+1;/p-1/t7-,8+,9?;. The molecule has 0 aromatic heterocycles. The van der Waals surface area contributed by atoms with Crippen molar-refractivity contribution in [1.29, 1.82) is 0 Å². The van der Waals surface area contributed by atoms with Crippen LogP contribution in [0.2, 0.25) is 0 Å². The van der Waals surface area contributed by atoms with Crippen molar-refractivity contribution in [3.05, 3.63) is 0 Å². The predicted molar refractivity (Wildman–Crippen MR) is 58.1 cm³/mol. The van der Waals surface area contributed by atoms with Crippen LogP contribution in [0.25, 0.3) is 0 Å². The van der Waals surface area contributed by atoms with Crippen molar-refractivity contribution in [2.75, 3.05) is 37.7 Å². The van der Waals surface area contributed by atoms with E-state index in [-0.39, 0.29) is 12.4 Å². The van der Waals surface area contributed by atoms with E-state index in [0.29, 0.717) is 11.5 Å². The zero-order valence-electron chi connectivity index (χ0n) is 8.40. The number of fused-ring (bicyclic) bond motifs is 1. The molecular formula is C9H15BrClNO2S. The van der Waals surface area contributed by atoms with Crippen molar-refractivity contribution in [1.82, 2.24) is 0 Å². The summed E-state index contributed by atoms with van der Waals surface area (Å²) >= 11 is 3.67. The summed E-state index contributed by atoms with van der Waals surface area (Å²) in [5, 5.41) is 0. The third kappa shape index (κ3) is 1.96. The summed E-state index contributed by atoms with van der Waals surface area (Å²) in [5.41, 5.74) is 0. The number of hydrogen-bond donors (Lipinski definition) is 0. The molecule has 88 valence electrons. The van der Waals surface area contributed by atoms with Crippen LogP contribution in [0.5, 0.6) is 0 Å². The minimum Gasteiger partial charge on any atom is -1.00 e. The van der Waals surface area contributed by atoms with Crippen molar-refractivity contribution in [3.63, 3.8) is 0 Å². The highest BCUT2D eigenvalue weighted by Crippen LogP contribution is 2.53. The van der Waals surface area contributed by atoms with Crippen LogP contribution in [-0.4, -0.2) is 55.4 Å². The van der Waals surface area contributed by atoms with Gasteiger partial charge in [-0.1, -0.05) is 15.9 Å². The fourth-order valence-corrected chi connectivity index (χ4v) is 5.56. The van der Waals surface area contributed by atoms with Gasteiger partial charge in [0.1, 0.15) is 0 Å². The van der Waals surface area contributed by atoms with E-state index in [4.69, 9.17) is 0 Å². The Kier molecular flexibility index (Phi) is 2.90. The number of piperidine rings is 1. The Hall–Kier alpha value is 0.680. The van der Waals surface area contributed by atoms with Crippen molar-refractivity contribution < 1.29 is 25.3 Å². The van der Waals surface area contributed by atoms with Crippen LogP contribution in [-0.2, 0) is 9.84 Å². The summed E-state index contributed by atoms with van der Waals surface area (Å²) in [6, 6.07) is 0. The predicted octanol–water partition coefficient (Wildman–Crippen LogP) is -2.74. The molecule has 15 heavy (non-hydrogen) atoms. The Bertz CT molecular complexity index is 344. The third-order valence-corrected chi connectivity index (χ3v) is 7.14. The summed E-state index contributed by atoms with van der Waals surface area (Å²) in [6.45, 7) is 4.18. The van der Waals surface area contributed by atoms with Crippen LogP contribution in [0.3, 0.4) is 0 Å². The van der Waals surface area contributed by atoms with Crippen molar-refractivity contribution in [2.24, 2.45) is 11.8 Å². The van der Waals surface area contributed by atoms with Gasteiger partial charge in [0.2, 0.25) is 0 Å². The number of rotatable bonds is 0. The molecule has 0 amide bonds. The number of nitrogens with zero attached hydrogens (tertiary/aromatic N) is 1. The van der Waals surface area contributed by atoms with Crippen molar-refractivity contribution >= 4 is 25.8 Å². The van der Waals surface area contributed by atoms with Crippen LogP contribution in [0.15, 0.2) is 0 Å². The lowest BCUT2D eigenvalue weighted by atomic mass is 10.3. The van der Waals surface area contributed by atoms with Gasteiger partial charge in [-0.2, -0.15) is 0 Å². The molecule has 0 aromatic carbocycles. The molecule has 2 aliphatic heterocycles. The third-order valence-electron chi connectivity index (χ3n) is 4.18.